The summed E-state index contributed by atoms with van der Waals surface area (Å²) in [4.78, 5) is 19.7. The van der Waals surface area contributed by atoms with Crippen LogP contribution in [-0.2, 0) is 4.79 Å². The number of nitrogens with one attached hydrogen (secondary N) is 2. The van der Waals surface area contributed by atoms with E-state index in [0.29, 0.717) is 18.8 Å². The highest BCUT2D eigenvalue weighted by Gasteiger charge is 2.12. The van der Waals surface area contributed by atoms with Crippen LogP contribution in [0.5, 0.6) is 0 Å². The third kappa shape index (κ3) is 5.85. The molecule has 5 heteroatoms. The van der Waals surface area contributed by atoms with E-state index in [4.69, 9.17) is 0 Å². The van der Waals surface area contributed by atoms with E-state index in [1.807, 2.05) is 27.7 Å². The standard InChI is InChI=1S/C12H20N4O/c1-9-13-7-5-10(15-9)14-8-6-11(17)16-12(2,3)4/h5,7H,6,8H2,1-4H3,(H,16,17)(H,13,14,15). The highest BCUT2D eigenvalue weighted by Crippen LogP contribution is 2.02. The van der Waals surface area contributed by atoms with Crippen molar-refractivity contribution in [2.24, 2.45) is 0 Å². The molecule has 0 aromatic carbocycles. The molecule has 1 amide bonds. The molecule has 0 atom stereocenters. The lowest BCUT2D eigenvalue weighted by molar-refractivity contribution is -0.122. The van der Waals surface area contributed by atoms with Crippen molar-refractivity contribution < 1.29 is 4.79 Å². The van der Waals surface area contributed by atoms with Gasteiger partial charge in [0.25, 0.3) is 0 Å². The van der Waals surface area contributed by atoms with Crippen molar-refractivity contribution in [3.8, 4) is 0 Å². The van der Waals surface area contributed by atoms with E-state index in [9.17, 15) is 4.79 Å². The van der Waals surface area contributed by atoms with Crippen LogP contribution in [0.15, 0.2) is 12.3 Å². The Morgan fingerprint density at radius 1 is 1.41 bits per heavy atom. The zero-order chi connectivity index (χ0) is 12.9. The Labute approximate surface area is 102 Å². The number of nitrogens with zero attached hydrogens (tertiary/aromatic N) is 2. The summed E-state index contributed by atoms with van der Waals surface area (Å²) in [6, 6.07) is 1.79. The zero-order valence-corrected chi connectivity index (χ0v) is 10.9. The molecule has 94 valence electrons. The van der Waals surface area contributed by atoms with Gasteiger partial charge < -0.3 is 10.6 Å². The summed E-state index contributed by atoms with van der Waals surface area (Å²) < 4.78 is 0. The van der Waals surface area contributed by atoms with Gasteiger partial charge in [-0.25, -0.2) is 9.97 Å². The topological polar surface area (TPSA) is 66.9 Å². The van der Waals surface area contributed by atoms with E-state index >= 15 is 0 Å². The summed E-state index contributed by atoms with van der Waals surface area (Å²) in [5.74, 6) is 1.51. The first kappa shape index (κ1) is 13.4. The molecule has 0 aliphatic heterocycles. The van der Waals surface area contributed by atoms with Crippen molar-refractivity contribution in [3.05, 3.63) is 18.1 Å². The van der Waals surface area contributed by atoms with Gasteiger partial charge in [-0.3, -0.25) is 4.79 Å². The van der Waals surface area contributed by atoms with Gasteiger partial charge in [-0.15, -0.1) is 0 Å². The number of hydrogen-bond donors (Lipinski definition) is 2. The first-order chi connectivity index (χ1) is 7.87. The van der Waals surface area contributed by atoms with Crippen LogP contribution < -0.4 is 10.6 Å². The molecule has 0 unspecified atom stereocenters. The van der Waals surface area contributed by atoms with Crippen LogP contribution in [0.3, 0.4) is 0 Å². The lowest BCUT2D eigenvalue weighted by Crippen LogP contribution is -2.41. The number of rotatable bonds is 4. The van der Waals surface area contributed by atoms with E-state index in [1.54, 1.807) is 12.3 Å². The lowest BCUT2D eigenvalue weighted by atomic mass is 10.1. The molecule has 1 heterocycles. The van der Waals surface area contributed by atoms with Crippen LogP contribution in [0, 0.1) is 6.92 Å². The van der Waals surface area contributed by atoms with Crippen LogP contribution in [0.4, 0.5) is 5.82 Å². The van der Waals surface area contributed by atoms with E-state index in [1.165, 1.54) is 0 Å². The average molecular weight is 236 g/mol. The summed E-state index contributed by atoms with van der Waals surface area (Å²) in [6.45, 7) is 8.29. The van der Waals surface area contributed by atoms with Gasteiger partial charge in [0.1, 0.15) is 11.6 Å². The van der Waals surface area contributed by atoms with Gasteiger partial charge in [0.2, 0.25) is 5.91 Å². The number of aryl methyl sites for hydroxylation is 1. The highest BCUT2D eigenvalue weighted by molar-refractivity contribution is 5.77. The maximum atomic E-state index is 11.5. The maximum Gasteiger partial charge on any atom is 0.222 e. The second-order valence-corrected chi connectivity index (χ2v) is 4.96. The molecule has 0 radical (unpaired) electrons. The van der Waals surface area contributed by atoms with Crippen LogP contribution in [-0.4, -0.2) is 28.0 Å². The Kier molecular flexibility index (Phi) is 4.43. The maximum absolute atomic E-state index is 11.5. The predicted octanol–water partition coefficient (Wildman–Crippen LogP) is 1.50. The highest BCUT2D eigenvalue weighted by atomic mass is 16.1. The Hall–Kier alpha value is -1.65. The second-order valence-electron chi connectivity index (χ2n) is 4.96. The first-order valence-corrected chi connectivity index (χ1v) is 5.71. The van der Waals surface area contributed by atoms with Gasteiger partial charge in [-0.05, 0) is 33.8 Å². The third-order valence-corrected chi connectivity index (χ3v) is 1.95. The molecule has 0 fully saturated rings. The SMILES string of the molecule is Cc1nccc(NCCC(=O)NC(C)(C)C)n1. The molecule has 0 spiro atoms. The summed E-state index contributed by atoms with van der Waals surface area (Å²) in [7, 11) is 0. The van der Waals surface area contributed by atoms with Gasteiger partial charge in [0.05, 0.1) is 0 Å². The van der Waals surface area contributed by atoms with E-state index < -0.39 is 0 Å². The Balaban J connectivity index is 2.31. The molecule has 0 saturated heterocycles. The molecule has 1 rings (SSSR count). The Morgan fingerprint density at radius 3 is 2.71 bits per heavy atom. The monoisotopic (exact) mass is 236 g/mol. The van der Waals surface area contributed by atoms with Crippen molar-refractivity contribution in [3.63, 3.8) is 0 Å². The summed E-state index contributed by atoms with van der Waals surface area (Å²) in [5.41, 5.74) is -0.178. The number of anilines is 1. The van der Waals surface area contributed by atoms with Crippen LogP contribution in [0.2, 0.25) is 0 Å². The summed E-state index contributed by atoms with van der Waals surface area (Å²) >= 11 is 0. The number of hydrogen-bond acceptors (Lipinski definition) is 4. The van der Waals surface area contributed by atoms with Gasteiger partial charge in [-0.2, -0.15) is 0 Å². The van der Waals surface area contributed by atoms with Crippen LogP contribution in [0.1, 0.15) is 33.0 Å². The van der Waals surface area contributed by atoms with Gasteiger partial charge in [-0.1, -0.05) is 0 Å². The Bertz CT molecular complexity index is 384. The van der Waals surface area contributed by atoms with E-state index in [0.717, 1.165) is 5.82 Å². The number of aromatic nitrogens is 2. The number of amides is 1. The van der Waals surface area contributed by atoms with Crippen molar-refractivity contribution in [1.29, 1.82) is 0 Å². The summed E-state index contributed by atoms with van der Waals surface area (Å²) in [6.07, 6.45) is 2.13. The number of carbonyl (C=O) groups excluding carboxylic acids is 1. The molecular formula is C12H20N4O. The minimum atomic E-state index is -0.178. The van der Waals surface area contributed by atoms with Crippen molar-refractivity contribution in [1.82, 2.24) is 15.3 Å². The molecule has 1 aromatic heterocycles. The fourth-order valence-electron chi connectivity index (χ4n) is 1.34. The van der Waals surface area contributed by atoms with Gasteiger partial charge in [0.15, 0.2) is 0 Å². The third-order valence-electron chi connectivity index (χ3n) is 1.95. The van der Waals surface area contributed by atoms with E-state index in [-0.39, 0.29) is 11.4 Å². The fourth-order valence-corrected chi connectivity index (χ4v) is 1.34. The minimum absolute atomic E-state index is 0.0378. The Morgan fingerprint density at radius 2 is 2.12 bits per heavy atom. The van der Waals surface area contributed by atoms with Crippen molar-refractivity contribution >= 4 is 11.7 Å². The van der Waals surface area contributed by atoms with Crippen molar-refractivity contribution in [2.75, 3.05) is 11.9 Å². The lowest BCUT2D eigenvalue weighted by Gasteiger charge is -2.20. The molecule has 17 heavy (non-hydrogen) atoms. The molecule has 0 aliphatic rings. The van der Waals surface area contributed by atoms with Crippen LogP contribution >= 0.6 is 0 Å². The van der Waals surface area contributed by atoms with Crippen LogP contribution in [0.25, 0.3) is 0 Å². The number of carbonyl (C=O) groups is 1. The van der Waals surface area contributed by atoms with E-state index in [2.05, 4.69) is 20.6 Å². The fraction of sp³-hybridized carbons (Fsp3) is 0.583. The smallest absolute Gasteiger partial charge is 0.222 e. The first-order valence-electron chi connectivity index (χ1n) is 5.71. The predicted molar refractivity (Wildman–Crippen MR) is 67.8 cm³/mol. The molecule has 1 aromatic rings. The van der Waals surface area contributed by atoms with Gasteiger partial charge >= 0.3 is 0 Å². The minimum Gasteiger partial charge on any atom is -0.369 e. The molecule has 5 nitrogen and oxygen atoms in total. The molecule has 2 N–H and O–H groups in total. The normalized spacial score (nSPS) is 11.1. The van der Waals surface area contributed by atoms with Crippen molar-refractivity contribution in [2.45, 2.75) is 39.7 Å². The quantitative estimate of drug-likeness (QED) is 0.831. The summed E-state index contributed by atoms with van der Waals surface area (Å²) in [5, 5.41) is 6.00. The second kappa shape index (κ2) is 5.61. The van der Waals surface area contributed by atoms with Gasteiger partial charge in [0, 0.05) is 24.7 Å². The average Bonchev–Trinajstić information content (AvgIpc) is 2.14. The molecule has 0 aliphatic carbocycles. The zero-order valence-electron chi connectivity index (χ0n) is 10.9. The molecular weight excluding hydrogens is 216 g/mol. The largest absolute Gasteiger partial charge is 0.369 e. The molecule has 0 saturated carbocycles. The molecule has 0 bridgehead atoms.